The van der Waals surface area contributed by atoms with Gasteiger partial charge in [0, 0.05) is 31.6 Å². The number of para-hydroxylation sites is 1. The summed E-state index contributed by atoms with van der Waals surface area (Å²) in [5.74, 6) is 0. The lowest BCUT2D eigenvalue weighted by Gasteiger charge is -1.99. The van der Waals surface area contributed by atoms with Gasteiger partial charge >= 0.3 is 0 Å². The van der Waals surface area contributed by atoms with Gasteiger partial charge in [-0.25, -0.2) is 9.67 Å². The molecule has 21 heavy (non-hydrogen) atoms. The summed E-state index contributed by atoms with van der Waals surface area (Å²) >= 11 is 1.61. The van der Waals surface area contributed by atoms with Gasteiger partial charge in [0.05, 0.1) is 23.4 Å². The van der Waals surface area contributed by atoms with Gasteiger partial charge in [0.2, 0.25) is 0 Å². The Morgan fingerprint density at radius 2 is 2.10 bits per heavy atom. The SMILES string of the molecule is COCCNc1ncc(-c2cnn(-c3ccccc3)c2)s1. The second-order valence-corrected chi connectivity index (χ2v) is 5.49. The van der Waals surface area contributed by atoms with Gasteiger partial charge in [-0.15, -0.1) is 0 Å². The highest BCUT2D eigenvalue weighted by molar-refractivity contribution is 7.18. The lowest BCUT2D eigenvalue weighted by Crippen LogP contribution is -2.06. The number of nitrogens with zero attached hydrogens (tertiary/aromatic N) is 3. The zero-order valence-electron chi connectivity index (χ0n) is 11.7. The first kappa shape index (κ1) is 13.8. The number of methoxy groups -OCH3 is 1. The zero-order chi connectivity index (χ0) is 14.5. The highest BCUT2D eigenvalue weighted by atomic mass is 32.1. The van der Waals surface area contributed by atoms with Gasteiger partial charge in [0.25, 0.3) is 0 Å². The molecule has 0 amide bonds. The van der Waals surface area contributed by atoms with Crippen LogP contribution in [0.25, 0.3) is 16.1 Å². The number of benzene rings is 1. The molecule has 0 saturated heterocycles. The van der Waals surface area contributed by atoms with Crippen LogP contribution in [0.4, 0.5) is 5.13 Å². The van der Waals surface area contributed by atoms with Gasteiger partial charge in [0.1, 0.15) is 0 Å². The molecule has 0 atom stereocenters. The van der Waals surface area contributed by atoms with Gasteiger partial charge < -0.3 is 10.1 Å². The maximum Gasteiger partial charge on any atom is 0.183 e. The monoisotopic (exact) mass is 300 g/mol. The Kier molecular flexibility index (Phi) is 4.28. The summed E-state index contributed by atoms with van der Waals surface area (Å²) in [5.41, 5.74) is 2.11. The molecular formula is C15H16N4OS. The van der Waals surface area contributed by atoms with Crippen molar-refractivity contribution in [1.29, 1.82) is 0 Å². The molecule has 0 unspecified atom stereocenters. The summed E-state index contributed by atoms with van der Waals surface area (Å²) in [6.07, 6.45) is 5.74. The van der Waals surface area contributed by atoms with E-state index in [9.17, 15) is 0 Å². The molecule has 0 saturated carbocycles. The van der Waals surface area contributed by atoms with E-state index in [-0.39, 0.29) is 0 Å². The van der Waals surface area contributed by atoms with E-state index in [1.165, 1.54) is 0 Å². The van der Waals surface area contributed by atoms with Crippen LogP contribution >= 0.6 is 11.3 Å². The summed E-state index contributed by atoms with van der Waals surface area (Å²) in [6.45, 7) is 1.42. The Bertz CT molecular complexity index is 693. The number of aromatic nitrogens is 3. The third-order valence-electron chi connectivity index (χ3n) is 2.98. The molecule has 108 valence electrons. The summed E-state index contributed by atoms with van der Waals surface area (Å²) in [5, 5.41) is 8.53. The topological polar surface area (TPSA) is 52.0 Å². The van der Waals surface area contributed by atoms with Crippen molar-refractivity contribution >= 4 is 16.5 Å². The number of ether oxygens (including phenoxy) is 1. The molecule has 0 aliphatic carbocycles. The van der Waals surface area contributed by atoms with Gasteiger partial charge in [-0.3, -0.25) is 0 Å². The van der Waals surface area contributed by atoms with Crippen molar-refractivity contribution in [3.8, 4) is 16.1 Å². The number of hydrogen-bond acceptors (Lipinski definition) is 5. The molecule has 5 nitrogen and oxygen atoms in total. The zero-order valence-corrected chi connectivity index (χ0v) is 12.5. The van der Waals surface area contributed by atoms with E-state index in [1.54, 1.807) is 18.4 Å². The lowest BCUT2D eigenvalue weighted by atomic mass is 10.3. The van der Waals surface area contributed by atoms with Gasteiger partial charge in [-0.1, -0.05) is 29.5 Å². The van der Waals surface area contributed by atoms with Gasteiger partial charge in [-0.05, 0) is 12.1 Å². The average Bonchev–Trinajstić information content (AvgIpc) is 3.17. The van der Waals surface area contributed by atoms with Crippen LogP contribution < -0.4 is 5.32 Å². The number of hydrogen-bond donors (Lipinski definition) is 1. The first-order valence-electron chi connectivity index (χ1n) is 6.66. The summed E-state index contributed by atoms with van der Waals surface area (Å²) < 4.78 is 6.88. The standard InChI is InChI=1S/C15H16N4OS/c1-20-8-7-16-15-17-10-14(21-15)12-9-18-19(11-12)13-5-3-2-4-6-13/h2-6,9-11H,7-8H2,1H3,(H,16,17). The third-order valence-corrected chi connectivity index (χ3v) is 3.98. The Labute approximate surface area is 127 Å². The Morgan fingerprint density at radius 3 is 2.90 bits per heavy atom. The van der Waals surface area contributed by atoms with E-state index in [0.717, 1.165) is 27.8 Å². The average molecular weight is 300 g/mol. The van der Waals surface area contributed by atoms with Gasteiger partial charge in [0.15, 0.2) is 5.13 Å². The molecular weight excluding hydrogens is 284 g/mol. The van der Waals surface area contributed by atoms with Crippen molar-refractivity contribution in [2.75, 3.05) is 25.6 Å². The Hall–Kier alpha value is -2.18. The Balaban J connectivity index is 1.74. The predicted octanol–water partition coefficient (Wildman–Crippen LogP) is 3.05. The van der Waals surface area contributed by atoms with Crippen LogP contribution in [-0.2, 0) is 4.74 Å². The first-order valence-corrected chi connectivity index (χ1v) is 7.47. The van der Waals surface area contributed by atoms with E-state index in [4.69, 9.17) is 4.74 Å². The van der Waals surface area contributed by atoms with E-state index >= 15 is 0 Å². The highest BCUT2D eigenvalue weighted by Crippen LogP contribution is 2.28. The summed E-state index contributed by atoms with van der Waals surface area (Å²) in [7, 11) is 1.69. The molecule has 6 heteroatoms. The third kappa shape index (κ3) is 3.29. The van der Waals surface area contributed by atoms with E-state index in [2.05, 4.69) is 15.4 Å². The largest absolute Gasteiger partial charge is 0.383 e. The molecule has 3 aromatic rings. The number of nitrogens with one attached hydrogen (secondary N) is 1. The molecule has 0 aliphatic heterocycles. The Morgan fingerprint density at radius 1 is 1.24 bits per heavy atom. The number of rotatable bonds is 6. The second-order valence-electron chi connectivity index (χ2n) is 4.46. The molecule has 3 rings (SSSR count). The fraction of sp³-hybridized carbons (Fsp3) is 0.200. The van der Waals surface area contributed by atoms with Crippen molar-refractivity contribution in [2.45, 2.75) is 0 Å². The maximum atomic E-state index is 5.01. The van der Waals surface area contributed by atoms with Crippen LogP contribution in [-0.4, -0.2) is 35.0 Å². The maximum absolute atomic E-state index is 5.01. The second kappa shape index (κ2) is 6.51. The number of anilines is 1. The molecule has 0 fully saturated rings. The minimum Gasteiger partial charge on any atom is -0.383 e. The molecule has 2 aromatic heterocycles. The van der Waals surface area contributed by atoms with Crippen molar-refractivity contribution in [3.05, 3.63) is 48.9 Å². The smallest absolute Gasteiger partial charge is 0.183 e. The van der Waals surface area contributed by atoms with Crippen LogP contribution in [0.3, 0.4) is 0 Å². The fourth-order valence-electron chi connectivity index (χ4n) is 1.92. The predicted molar refractivity (Wildman–Crippen MR) is 85.0 cm³/mol. The summed E-state index contributed by atoms with van der Waals surface area (Å²) in [6, 6.07) is 10.1. The quantitative estimate of drug-likeness (QED) is 0.711. The van der Waals surface area contributed by atoms with Crippen LogP contribution in [0.2, 0.25) is 0 Å². The van der Waals surface area contributed by atoms with E-state index < -0.39 is 0 Å². The lowest BCUT2D eigenvalue weighted by molar-refractivity contribution is 0.211. The molecule has 0 aliphatic rings. The molecule has 2 heterocycles. The molecule has 0 radical (unpaired) electrons. The molecule has 0 spiro atoms. The van der Waals surface area contributed by atoms with Crippen LogP contribution in [0, 0.1) is 0 Å². The van der Waals surface area contributed by atoms with Crippen molar-refractivity contribution < 1.29 is 4.74 Å². The van der Waals surface area contributed by atoms with Gasteiger partial charge in [-0.2, -0.15) is 5.10 Å². The molecule has 1 N–H and O–H groups in total. The van der Waals surface area contributed by atoms with Crippen LogP contribution in [0.15, 0.2) is 48.9 Å². The van der Waals surface area contributed by atoms with Crippen molar-refractivity contribution in [3.63, 3.8) is 0 Å². The number of thiazole rings is 1. The van der Waals surface area contributed by atoms with E-state index in [0.29, 0.717) is 6.61 Å². The minimum atomic E-state index is 0.668. The van der Waals surface area contributed by atoms with Crippen LogP contribution in [0.1, 0.15) is 0 Å². The molecule has 0 bridgehead atoms. The first-order chi connectivity index (χ1) is 10.4. The summed E-state index contributed by atoms with van der Waals surface area (Å²) in [4.78, 5) is 5.46. The van der Waals surface area contributed by atoms with Crippen LogP contribution in [0.5, 0.6) is 0 Å². The van der Waals surface area contributed by atoms with Crippen molar-refractivity contribution in [2.24, 2.45) is 0 Å². The van der Waals surface area contributed by atoms with Crippen molar-refractivity contribution in [1.82, 2.24) is 14.8 Å². The fourth-order valence-corrected chi connectivity index (χ4v) is 2.74. The minimum absolute atomic E-state index is 0.668. The highest BCUT2D eigenvalue weighted by Gasteiger charge is 2.07. The normalized spacial score (nSPS) is 10.7. The molecule has 1 aromatic carbocycles. The van der Waals surface area contributed by atoms with E-state index in [1.807, 2.05) is 53.6 Å².